The lowest BCUT2D eigenvalue weighted by molar-refractivity contribution is -0.120. The summed E-state index contributed by atoms with van der Waals surface area (Å²) in [7, 11) is 0. The van der Waals surface area contributed by atoms with Crippen molar-refractivity contribution in [1.82, 2.24) is 0 Å². The number of anilines is 1. The van der Waals surface area contributed by atoms with Crippen LogP contribution in [0.4, 0.5) is 5.00 Å². The van der Waals surface area contributed by atoms with Gasteiger partial charge < -0.3 is 15.2 Å². The van der Waals surface area contributed by atoms with E-state index in [4.69, 9.17) is 15.2 Å². The Hall–Kier alpha value is -1.40. The number of nitrogens with two attached hydrogens (primary N) is 1. The Balaban J connectivity index is 2.26. The van der Waals surface area contributed by atoms with Gasteiger partial charge in [0.25, 0.3) is 0 Å². The molecule has 1 aromatic heterocycles. The fourth-order valence-electron chi connectivity index (χ4n) is 2.22. The number of ketones is 1. The van der Waals surface area contributed by atoms with Crippen LogP contribution in [0.15, 0.2) is 0 Å². The molecule has 0 spiro atoms. The number of thiophene rings is 1. The quantitative estimate of drug-likeness (QED) is 0.854. The molecule has 19 heavy (non-hydrogen) atoms. The van der Waals surface area contributed by atoms with E-state index in [9.17, 15) is 9.59 Å². The minimum atomic E-state index is -0.388. The standard InChI is InChI=1S/C13H17NO4S/c1-3-17-13(16)11-9-5-8(4-7(2)15)18-6-10(9)19-12(11)14/h8H,3-6,14H2,1-2H3. The number of Topliss-reactive ketones (excluding diaryl/α,β-unsaturated/α-hetero) is 1. The van der Waals surface area contributed by atoms with Crippen LogP contribution in [0.1, 0.15) is 41.1 Å². The van der Waals surface area contributed by atoms with Crippen LogP contribution in [0.3, 0.4) is 0 Å². The van der Waals surface area contributed by atoms with Crippen molar-refractivity contribution >= 4 is 28.1 Å². The molecule has 0 saturated carbocycles. The topological polar surface area (TPSA) is 78.6 Å². The highest BCUT2D eigenvalue weighted by Gasteiger charge is 2.29. The second kappa shape index (κ2) is 5.71. The molecule has 1 unspecified atom stereocenters. The van der Waals surface area contributed by atoms with Crippen LogP contribution in [0.5, 0.6) is 0 Å². The second-order valence-corrected chi connectivity index (χ2v) is 5.64. The maximum atomic E-state index is 11.9. The van der Waals surface area contributed by atoms with Gasteiger partial charge in [-0.25, -0.2) is 4.79 Å². The Morgan fingerprint density at radius 3 is 2.89 bits per heavy atom. The molecule has 2 heterocycles. The van der Waals surface area contributed by atoms with Crippen molar-refractivity contribution in [1.29, 1.82) is 0 Å². The molecule has 0 bridgehead atoms. The summed E-state index contributed by atoms with van der Waals surface area (Å²) in [6.07, 6.45) is 0.723. The summed E-state index contributed by atoms with van der Waals surface area (Å²) < 4.78 is 10.6. The van der Waals surface area contributed by atoms with Crippen LogP contribution in [-0.2, 0) is 27.3 Å². The molecule has 1 atom stereocenters. The maximum absolute atomic E-state index is 11.9. The first-order valence-electron chi connectivity index (χ1n) is 6.21. The van der Waals surface area contributed by atoms with Gasteiger partial charge in [-0.05, 0) is 19.4 Å². The van der Waals surface area contributed by atoms with Crippen LogP contribution >= 0.6 is 11.3 Å². The maximum Gasteiger partial charge on any atom is 0.341 e. The van der Waals surface area contributed by atoms with E-state index in [0.717, 1.165) is 10.4 Å². The number of carbonyl (C=O) groups excluding carboxylic acids is 2. The van der Waals surface area contributed by atoms with Crippen molar-refractivity contribution in [2.24, 2.45) is 0 Å². The zero-order valence-electron chi connectivity index (χ0n) is 11.0. The lowest BCUT2D eigenvalue weighted by atomic mass is 9.98. The number of fused-ring (bicyclic) bond motifs is 1. The van der Waals surface area contributed by atoms with Gasteiger partial charge in [-0.3, -0.25) is 4.79 Å². The Kier molecular flexibility index (Phi) is 4.21. The third-order valence-corrected chi connectivity index (χ3v) is 4.03. The highest BCUT2D eigenvalue weighted by atomic mass is 32.1. The summed E-state index contributed by atoms with van der Waals surface area (Å²) in [5.74, 6) is -0.310. The molecule has 1 aromatic rings. The number of rotatable bonds is 4. The summed E-state index contributed by atoms with van der Waals surface area (Å²) >= 11 is 1.36. The van der Waals surface area contributed by atoms with Crippen molar-refractivity contribution < 1.29 is 19.1 Å². The predicted octanol–water partition coefficient (Wildman–Crippen LogP) is 1.93. The van der Waals surface area contributed by atoms with Gasteiger partial charge in [0.2, 0.25) is 0 Å². The molecular weight excluding hydrogens is 266 g/mol. The minimum absolute atomic E-state index is 0.0781. The van der Waals surface area contributed by atoms with Crippen LogP contribution in [0.2, 0.25) is 0 Å². The largest absolute Gasteiger partial charge is 0.462 e. The number of hydrogen-bond acceptors (Lipinski definition) is 6. The summed E-state index contributed by atoms with van der Waals surface area (Å²) in [5.41, 5.74) is 7.24. The van der Waals surface area contributed by atoms with Gasteiger partial charge in [0.05, 0.1) is 24.9 Å². The number of ether oxygens (including phenoxy) is 2. The molecular formula is C13H17NO4S. The Morgan fingerprint density at radius 1 is 1.53 bits per heavy atom. The first-order chi connectivity index (χ1) is 9.02. The zero-order valence-corrected chi connectivity index (χ0v) is 11.8. The van der Waals surface area contributed by atoms with Crippen molar-refractivity contribution in [2.45, 2.75) is 39.4 Å². The molecule has 0 amide bonds. The van der Waals surface area contributed by atoms with Gasteiger partial charge in [0, 0.05) is 17.7 Å². The fourth-order valence-corrected chi connectivity index (χ4v) is 3.23. The van der Waals surface area contributed by atoms with Crippen molar-refractivity contribution in [3.63, 3.8) is 0 Å². The van der Waals surface area contributed by atoms with Gasteiger partial charge in [-0.2, -0.15) is 0 Å². The van der Waals surface area contributed by atoms with Gasteiger partial charge in [0.15, 0.2) is 0 Å². The predicted molar refractivity (Wildman–Crippen MR) is 72.3 cm³/mol. The molecule has 5 nitrogen and oxygen atoms in total. The molecule has 6 heteroatoms. The number of carbonyl (C=O) groups is 2. The van der Waals surface area contributed by atoms with Crippen molar-refractivity contribution in [2.75, 3.05) is 12.3 Å². The molecule has 0 saturated heterocycles. The monoisotopic (exact) mass is 283 g/mol. The van der Waals surface area contributed by atoms with E-state index in [2.05, 4.69) is 0 Å². The first kappa shape index (κ1) is 14.0. The van der Waals surface area contributed by atoms with Crippen molar-refractivity contribution in [3.8, 4) is 0 Å². The van der Waals surface area contributed by atoms with E-state index >= 15 is 0 Å². The Morgan fingerprint density at radius 2 is 2.26 bits per heavy atom. The molecule has 1 aliphatic rings. The van der Waals surface area contributed by atoms with Gasteiger partial charge in [0.1, 0.15) is 10.8 Å². The van der Waals surface area contributed by atoms with Crippen LogP contribution in [-0.4, -0.2) is 24.5 Å². The minimum Gasteiger partial charge on any atom is -0.462 e. The lowest BCUT2D eigenvalue weighted by Gasteiger charge is -2.22. The van der Waals surface area contributed by atoms with E-state index in [0.29, 0.717) is 36.6 Å². The third kappa shape index (κ3) is 2.96. The van der Waals surface area contributed by atoms with E-state index in [1.165, 1.54) is 18.3 Å². The van der Waals surface area contributed by atoms with E-state index in [1.807, 2.05) is 0 Å². The SMILES string of the molecule is CCOC(=O)c1c(N)sc2c1CC(CC(C)=O)OC2. The Labute approximate surface area is 115 Å². The van der Waals surface area contributed by atoms with Gasteiger partial charge in [-0.15, -0.1) is 11.3 Å². The first-order valence-corrected chi connectivity index (χ1v) is 7.02. The highest BCUT2D eigenvalue weighted by Crippen LogP contribution is 2.36. The summed E-state index contributed by atoms with van der Waals surface area (Å²) in [6.45, 7) is 4.01. The number of nitrogen functional groups attached to an aromatic ring is 1. The summed E-state index contributed by atoms with van der Waals surface area (Å²) in [4.78, 5) is 24.0. The normalized spacial score (nSPS) is 17.9. The molecule has 2 rings (SSSR count). The molecule has 0 fully saturated rings. The lowest BCUT2D eigenvalue weighted by Crippen LogP contribution is -2.25. The smallest absolute Gasteiger partial charge is 0.341 e. The second-order valence-electron chi connectivity index (χ2n) is 4.51. The van der Waals surface area contributed by atoms with Crippen molar-refractivity contribution in [3.05, 3.63) is 16.0 Å². The summed E-state index contributed by atoms with van der Waals surface area (Å²) in [6, 6.07) is 0. The number of hydrogen-bond donors (Lipinski definition) is 1. The zero-order chi connectivity index (χ0) is 14.0. The molecule has 2 N–H and O–H groups in total. The van der Waals surface area contributed by atoms with E-state index < -0.39 is 0 Å². The average molecular weight is 283 g/mol. The Bertz CT molecular complexity index is 509. The van der Waals surface area contributed by atoms with E-state index in [-0.39, 0.29) is 17.9 Å². The molecule has 104 valence electrons. The number of esters is 1. The van der Waals surface area contributed by atoms with Crippen LogP contribution in [0, 0.1) is 0 Å². The highest BCUT2D eigenvalue weighted by molar-refractivity contribution is 7.16. The molecule has 1 aliphatic heterocycles. The van der Waals surface area contributed by atoms with Crippen LogP contribution in [0.25, 0.3) is 0 Å². The summed E-state index contributed by atoms with van der Waals surface area (Å²) in [5, 5.41) is 0.468. The van der Waals surface area contributed by atoms with Crippen LogP contribution < -0.4 is 5.73 Å². The average Bonchev–Trinajstić information content (AvgIpc) is 2.64. The molecule has 0 radical (unpaired) electrons. The van der Waals surface area contributed by atoms with Gasteiger partial charge in [-0.1, -0.05) is 0 Å². The molecule has 0 aliphatic carbocycles. The fraction of sp³-hybridized carbons (Fsp3) is 0.538. The van der Waals surface area contributed by atoms with Gasteiger partial charge >= 0.3 is 5.97 Å². The molecule has 0 aromatic carbocycles. The third-order valence-electron chi connectivity index (χ3n) is 2.99. The van der Waals surface area contributed by atoms with E-state index in [1.54, 1.807) is 6.92 Å².